The number of aliphatic carboxylic acids is 1. The van der Waals surface area contributed by atoms with Crippen LogP contribution in [0.15, 0.2) is 0 Å². The zero-order chi connectivity index (χ0) is 9.94. The van der Waals surface area contributed by atoms with E-state index < -0.39 is 30.7 Å². The Hall–Kier alpha value is -1.10. The Morgan fingerprint density at radius 2 is 2.30 bits per heavy atom. The van der Waals surface area contributed by atoms with E-state index in [-0.39, 0.29) is 0 Å². The van der Waals surface area contributed by atoms with Crippen LogP contribution in [0.5, 0.6) is 0 Å². The van der Waals surface area contributed by atoms with Gasteiger partial charge in [-0.15, -0.1) is 0 Å². The first kappa shape index (κ1) is 5.67. The van der Waals surface area contributed by atoms with Gasteiger partial charge in [-0.3, -0.25) is 9.59 Å². The zero-order valence-corrected chi connectivity index (χ0v) is 5.20. The van der Waals surface area contributed by atoms with Gasteiger partial charge < -0.3 is 16.6 Å². The molecule has 0 aromatic heterocycles. The van der Waals surface area contributed by atoms with Gasteiger partial charge in [0.1, 0.15) is 6.02 Å². The third-order valence-corrected chi connectivity index (χ3v) is 0.770. The number of carbonyl (C=O) groups excluding carboxylic acids is 1. The van der Waals surface area contributed by atoms with E-state index in [0.717, 1.165) is 0 Å². The molecule has 1 unspecified atom stereocenters. The van der Waals surface area contributed by atoms with Gasteiger partial charge >= 0.3 is 5.97 Å². The third-order valence-electron chi connectivity index (χ3n) is 0.770. The fourth-order valence-electron chi connectivity index (χ4n) is 0.298. The Labute approximate surface area is 60.8 Å². The highest BCUT2D eigenvalue weighted by Crippen LogP contribution is 1.92. The molecule has 1 amide bonds. The molecule has 10 heavy (non-hydrogen) atoms. The van der Waals surface area contributed by atoms with Crippen LogP contribution in [-0.4, -0.2) is 23.0 Å². The largest absolute Gasteiger partial charge is 0.480 e. The van der Waals surface area contributed by atoms with E-state index in [1.54, 1.807) is 0 Å². The van der Waals surface area contributed by atoms with Crippen molar-refractivity contribution in [2.24, 2.45) is 11.5 Å². The summed E-state index contributed by atoms with van der Waals surface area (Å²) in [5.74, 6) is -2.50. The summed E-state index contributed by atoms with van der Waals surface area (Å²) in [5.41, 5.74) is 9.62. The van der Waals surface area contributed by atoms with Crippen LogP contribution < -0.4 is 11.5 Å². The number of hydrogen-bond donors (Lipinski definition) is 3. The molecule has 0 saturated carbocycles. The average molecular weight is 148 g/mol. The van der Waals surface area contributed by atoms with Gasteiger partial charge in [0.05, 0.1) is 1.37 Å². The van der Waals surface area contributed by atoms with Crippen LogP contribution >= 0.6 is 0 Å². The fourth-order valence-corrected chi connectivity index (χ4v) is 0.298. The summed E-state index contributed by atoms with van der Waals surface area (Å²) in [6.07, 6.45) is -2.08. The van der Waals surface area contributed by atoms with Crippen LogP contribution in [-0.2, 0) is 9.59 Å². The van der Waals surface area contributed by atoms with Crippen molar-refractivity contribution in [3.05, 3.63) is 0 Å². The molecule has 58 valence electrons. The number of hydrogen-bond acceptors (Lipinski definition) is 3. The van der Waals surface area contributed by atoms with E-state index in [1.165, 1.54) is 0 Å². The van der Waals surface area contributed by atoms with Gasteiger partial charge in [-0.2, -0.15) is 0 Å². The molecular formula is C5H10N2O3. The molecular weight excluding hydrogens is 136 g/mol. The van der Waals surface area contributed by atoms with Crippen molar-refractivity contribution in [3.63, 3.8) is 0 Å². The van der Waals surface area contributed by atoms with Crippen LogP contribution in [0.1, 0.15) is 15.6 Å². The van der Waals surface area contributed by atoms with E-state index >= 15 is 0 Å². The molecule has 0 aromatic carbocycles. The fraction of sp³-hybridized carbons (Fsp3) is 0.600. The number of carboxylic acid groups (broad SMARTS) is 1. The molecule has 0 aliphatic rings. The third kappa shape index (κ3) is 3.85. The van der Waals surface area contributed by atoms with Crippen molar-refractivity contribution >= 4 is 11.9 Å². The van der Waals surface area contributed by atoms with Crippen LogP contribution in [0.3, 0.4) is 0 Å². The first-order valence-electron chi connectivity index (χ1n) is 3.59. The van der Waals surface area contributed by atoms with E-state index in [4.69, 9.17) is 19.3 Å². The van der Waals surface area contributed by atoms with E-state index in [0.29, 0.717) is 0 Å². The molecule has 0 radical (unpaired) electrons. The molecule has 0 aliphatic carbocycles. The standard InChI is InChI=1S/C5H10N2O3/c6-3(5(9)10)1-2-4(7)8/h3H,1-2,6H2,(H2,7,8)(H,9,10)/t3-/m0/s1/i1D,3D/t1?,3-. The lowest BCUT2D eigenvalue weighted by Gasteiger charge is -2.01. The van der Waals surface area contributed by atoms with Crippen molar-refractivity contribution in [1.29, 1.82) is 0 Å². The summed E-state index contributed by atoms with van der Waals surface area (Å²) in [6.45, 7) is 0. The lowest BCUT2D eigenvalue weighted by Crippen LogP contribution is -2.31. The Balaban J connectivity index is 4.35. The second-order valence-corrected chi connectivity index (χ2v) is 1.64. The average Bonchev–Trinajstić information content (AvgIpc) is 1.85. The molecule has 0 spiro atoms. The number of nitrogens with two attached hydrogens (primary N) is 2. The summed E-state index contributed by atoms with van der Waals surface area (Å²) < 4.78 is 14.0. The second kappa shape index (κ2) is 3.84. The quantitative estimate of drug-likeness (QED) is 0.458. The lowest BCUT2D eigenvalue weighted by atomic mass is 10.2. The molecule has 0 aliphatic heterocycles. The molecule has 0 aromatic rings. The zero-order valence-electron chi connectivity index (χ0n) is 7.20. The molecule has 0 bridgehead atoms. The molecule has 0 heterocycles. The summed E-state index contributed by atoms with van der Waals surface area (Å²) in [5, 5.41) is 8.34. The van der Waals surface area contributed by atoms with Gasteiger partial charge in [0.15, 0.2) is 0 Å². The van der Waals surface area contributed by atoms with Crippen LogP contribution in [0.2, 0.25) is 0 Å². The Kier molecular flexibility index (Phi) is 2.17. The first-order valence-corrected chi connectivity index (χ1v) is 2.51. The highest BCUT2D eigenvalue weighted by molar-refractivity contribution is 5.76. The molecule has 5 heteroatoms. The lowest BCUT2D eigenvalue weighted by molar-refractivity contribution is -0.138. The van der Waals surface area contributed by atoms with Gasteiger partial charge in [0, 0.05) is 7.79 Å². The minimum absolute atomic E-state index is 0.535. The molecule has 0 saturated heterocycles. The summed E-state index contributed by atoms with van der Waals surface area (Å²) >= 11 is 0. The van der Waals surface area contributed by atoms with Gasteiger partial charge in [0.2, 0.25) is 5.91 Å². The minimum atomic E-state index is -2.48. The highest BCUT2D eigenvalue weighted by Gasteiger charge is 2.11. The van der Waals surface area contributed by atoms with Crippen LogP contribution in [0, 0.1) is 0 Å². The van der Waals surface area contributed by atoms with Crippen molar-refractivity contribution < 1.29 is 17.4 Å². The molecule has 2 atom stereocenters. The van der Waals surface area contributed by atoms with Gasteiger partial charge in [0.25, 0.3) is 0 Å². The first-order chi connectivity index (χ1) is 5.28. The second-order valence-electron chi connectivity index (χ2n) is 1.64. The van der Waals surface area contributed by atoms with Gasteiger partial charge in [-0.05, 0) is 6.40 Å². The normalized spacial score (nSPS) is 21.7. The smallest absolute Gasteiger partial charge is 0.320 e. The van der Waals surface area contributed by atoms with E-state index in [9.17, 15) is 9.59 Å². The molecule has 5 N–H and O–H groups in total. The van der Waals surface area contributed by atoms with E-state index in [2.05, 4.69) is 0 Å². The monoisotopic (exact) mass is 148 g/mol. The number of rotatable bonds is 4. The minimum Gasteiger partial charge on any atom is -0.480 e. The molecule has 0 fully saturated rings. The Morgan fingerprint density at radius 1 is 1.80 bits per heavy atom. The number of carboxylic acids is 1. The SMILES string of the molecule is [2H]C(CC(N)=O)[C@]([2H])(N)C(=O)O. The molecule has 5 nitrogen and oxygen atoms in total. The Bertz CT molecular complexity index is 207. The predicted octanol–water partition coefficient (Wildman–Crippen LogP) is -1.34. The highest BCUT2D eigenvalue weighted by atomic mass is 16.4. The Morgan fingerprint density at radius 3 is 2.60 bits per heavy atom. The maximum absolute atomic E-state index is 10.3. The summed E-state index contributed by atoms with van der Waals surface area (Å²) in [7, 11) is 0. The van der Waals surface area contributed by atoms with Gasteiger partial charge in [-0.1, -0.05) is 0 Å². The van der Waals surface area contributed by atoms with Crippen molar-refractivity contribution in [3.8, 4) is 0 Å². The number of primary amides is 1. The maximum Gasteiger partial charge on any atom is 0.320 e. The molecule has 0 rings (SSSR count). The van der Waals surface area contributed by atoms with Gasteiger partial charge in [-0.25, -0.2) is 0 Å². The van der Waals surface area contributed by atoms with Crippen LogP contribution in [0.4, 0.5) is 0 Å². The number of carbonyl (C=O) groups is 2. The van der Waals surface area contributed by atoms with Crippen molar-refractivity contribution in [2.45, 2.75) is 18.8 Å². The van der Waals surface area contributed by atoms with Crippen molar-refractivity contribution in [2.75, 3.05) is 0 Å². The van der Waals surface area contributed by atoms with Crippen LogP contribution in [0.25, 0.3) is 0 Å². The number of amides is 1. The topological polar surface area (TPSA) is 106 Å². The van der Waals surface area contributed by atoms with E-state index in [1.807, 2.05) is 0 Å². The summed E-state index contributed by atoms with van der Waals surface area (Å²) in [4.78, 5) is 20.5. The van der Waals surface area contributed by atoms with Crippen molar-refractivity contribution in [1.82, 2.24) is 0 Å². The maximum atomic E-state index is 10.3. The predicted molar refractivity (Wildman–Crippen MR) is 34.0 cm³/mol. The summed E-state index contributed by atoms with van der Waals surface area (Å²) in [6, 6.07) is -2.48.